The van der Waals surface area contributed by atoms with E-state index in [0.29, 0.717) is 19.6 Å². The predicted molar refractivity (Wildman–Crippen MR) is 83.0 cm³/mol. The fourth-order valence-electron chi connectivity index (χ4n) is 2.42. The molecule has 0 fully saturated rings. The number of rotatable bonds is 7. The average Bonchev–Trinajstić information content (AvgIpc) is 2.83. The molecule has 2 rings (SSSR count). The molecule has 0 aliphatic carbocycles. The number of para-hydroxylation sites is 2. The number of esters is 1. The van der Waals surface area contributed by atoms with Gasteiger partial charge in [-0.3, -0.25) is 4.79 Å². The Morgan fingerprint density at radius 3 is 2.86 bits per heavy atom. The lowest BCUT2D eigenvalue weighted by atomic mass is 10.2. The number of nitrogens with two attached hydrogens (primary N) is 1. The Kier molecular flexibility index (Phi) is 5.33. The molecule has 5 heteroatoms. The summed E-state index contributed by atoms with van der Waals surface area (Å²) in [6, 6.07) is 7.47. The smallest absolute Gasteiger partial charge is 0.322 e. The van der Waals surface area contributed by atoms with Crippen molar-refractivity contribution in [2.45, 2.75) is 45.7 Å². The van der Waals surface area contributed by atoms with E-state index in [1.807, 2.05) is 18.2 Å². The molecule has 0 saturated carbocycles. The maximum Gasteiger partial charge on any atom is 0.322 e. The van der Waals surface area contributed by atoms with Crippen LogP contribution in [0.5, 0.6) is 0 Å². The van der Waals surface area contributed by atoms with E-state index in [9.17, 15) is 4.79 Å². The molecule has 21 heavy (non-hydrogen) atoms. The molecule has 0 aliphatic heterocycles. The number of imidazole rings is 1. The Bertz CT molecular complexity index is 607. The lowest BCUT2D eigenvalue weighted by molar-refractivity contribution is -0.144. The number of fused-ring (bicyclic) bond motifs is 1. The topological polar surface area (TPSA) is 70.1 Å². The van der Waals surface area contributed by atoms with E-state index in [0.717, 1.165) is 29.7 Å². The molecule has 5 nitrogen and oxygen atoms in total. The number of carbonyl (C=O) groups excluding carboxylic acids is 1. The molecule has 1 aromatic carbocycles. The quantitative estimate of drug-likeness (QED) is 0.794. The van der Waals surface area contributed by atoms with Crippen LogP contribution in [0, 0.1) is 0 Å². The van der Waals surface area contributed by atoms with Crippen LogP contribution in [0.1, 0.15) is 32.5 Å². The highest BCUT2D eigenvalue weighted by molar-refractivity contribution is 5.76. The van der Waals surface area contributed by atoms with Gasteiger partial charge in [0.05, 0.1) is 17.6 Å². The summed E-state index contributed by atoms with van der Waals surface area (Å²) < 4.78 is 7.11. The Labute approximate surface area is 125 Å². The van der Waals surface area contributed by atoms with Crippen molar-refractivity contribution in [2.75, 3.05) is 6.61 Å². The van der Waals surface area contributed by atoms with Crippen molar-refractivity contribution in [1.29, 1.82) is 0 Å². The summed E-state index contributed by atoms with van der Waals surface area (Å²) in [5, 5.41) is 0. The minimum atomic E-state index is -0.583. The molecule has 0 saturated heterocycles. The SMILES string of the molecule is CCCc1nc2ccccc2n1CCC(N)C(=O)OCC. The lowest BCUT2D eigenvalue weighted by Crippen LogP contribution is -2.33. The van der Waals surface area contributed by atoms with E-state index in [4.69, 9.17) is 10.5 Å². The third kappa shape index (κ3) is 3.61. The van der Waals surface area contributed by atoms with E-state index < -0.39 is 6.04 Å². The molecule has 0 bridgehead atoms. The second-order valence-electron chi connectivity index (χ2n) is 5.07. The zero-order valence-electron chi connectivity index (χ0n) is 12.7. The van der Waals surface area contributed by atoms with Crippen LogP contribution in [0.25, 0.3) is 11.0 Å². The van der Waals surface area contributed by atoms with Gasteiger partial charge in [-0.15, -0.1) is 0 Å². The number of hydrogen-bond donors (Lipinski definition) is 1. The first-order valence-electron chi connectivity index (χ1n) is 7.53. The van der Waals surface area contributed by atoms with Crippen LogP contribution in [0.15, 0.2) is 24.3 Å². The van der Waals surface area contributed by atoms with Gasteiger partial charge in [0.15, 0.2) is 0 Å². The molecule has 2 aromatic rings. The van der Waals surface area contributed by atoms with Crippen molar-refractivity contribution in [3.8, 4) is 0 Å². The highest BCUT2D eigenvalue weighted by atomic mass is 16.5. The normalized spacial score (nSPS) is 12.5. The number of benzene rings is 1. The summed E-state index contributed by atoms with van der Waals surface area (Å²) in [6.45, 7) is 4.96. The Hall–Kier alpha value is -1.88. The van der Waals surface area contributed by atoms with Gasteiger partial charge in [0.1, 0.15) is 11.9 Å². The monoisotopic (exact) mass is 289 g/mol. The number of ether oxygens (including phenoxy) is 1. The van der Waals surface area contributed by atoms with Gasteiger partial charge in [0, 0.05) is 13.0 Å². The number of nitrogens with zero attached hydrogens (tertiary/aromatic N) is 2. The molecular weight excluding hydrogens is 266 g/mol. The van der Waals surface area contributed by atoms with Crippen LogP contribution in [-0.2, 0) is 22.5 Å². The van der Waals surface area contributed by atoms with E-state index in [-0.39, 0.29) is 5.97 Å². The van der Waals surface area contributed by atoms with Gasteiger partial charge < -0.3 is 15.0 Å². The first-order chi connectivity index (χ1) is 10.2. The second kappa shape index (κ2) is 7.22. The van der Waals surface area contributed by atoms with Gasteiger partial charge in [-0.05, 0) is 31.9 Å². The molecule has 0 amide bonds. The van der Waals surface area contributed by atoms with Gasteiger partial charge in [-0.2, -0.15) is 0 Å². The van der Waals surface area contributed by atoms with Crippen LogP contribution in [0.3, 0.4) is 0 Å². The second-order valence-corrected chi connectivity index (χ2v) is 5.07. The number of carbonyl (C=O) groups is 1. The van der Waals surface area contributed by atoms with Gasteiger partial charge in [0.2, 0.25) is 0 Å². The average molecular weight is 289 g/mol. The number of hydrogen-bond acceptors (Lipinski definition) is 4. The minimum absolute atomic E-state index is 0.334. The maximum atomic E-state index is 11.6. The van der Waals surface area contributed by atoms with Gasteiger partial charge >= 0.3 is 5.97 Å². The number of aryl methyl sites for hydroxylation is 2. The molecule has 1 heterocycles. The van der Waals surface area contributed by atoms with Crippen LogP contribution in [0.4, 0.5) is 0 Å². The van der Waals surface area contributed by atoms with Crippen molar-refractivity contribution in [2.24, 2.45) is 5.73 Å². The molecule has 1 unspecified atom stereocenters. The summed E-state index contributed by atoms with van der Waals surface area (Å²) in [7, 11) is 0. The van der Waals surface area contributed by atoms with Crippen molar-refractivity contribution >= 4 is 17.0 Å². The third-order valence-corrected chi connectivity index (χ3v) is 3.46. The summed E-state index contributed by atoms with van der Waals surface area (Å²) >= 11 is 0. The van der Waals surface area contributed by atoms with Crippen molar-refractivity contribution < 1.29 is 9.53 Å². The van der Waals surface area contributed by atoms with E-state index >= 15 is 0 Å². The Morgan fingerprint density at radius 2 is 2.14 bits per heavy atom. The van der Waals surface area contributed by atoms with Crippen LogP contribution in [0.2, 0.25) is 0 Å². The molecule has 2 N–H and O–H groups in total. The van der Waals surface area contributed by atoms with Crippen molar-refractivity contribution in [3.63, 3.8) is 0 Å². The van der Waals surface area contributed by atoms with Gasteiger partial charge in [-0.25, -0.2) is 4.98 Å². The Balaban J connectivity index is 2.16. The van der Waals surface area contributed by atoms with E-state index in [1.165, 1.54) is 0 Å². The summed E-state index contributed by atoms with van der Waals surface area (Å²) in [4.78, 5) is 16.3. The van der Waals surface area contributed by atoms with Crippen LogP contribution < -0.4 is 5.73 Å². The molecule has 0 spiro atoms. The molecular formula is C16H23N3O2. The highest BCUT2D eigenvalue weighted by Crippen LogP contribution is 2.18. The summed E-state index contributed by atoms with van der Waals surface area (Å²) in [5.74, 6) is 0.716. The van der Waals surface area contributed by atoms with Crippen molar-refractivity contribution in [3.05, 3.63) is 30.1 Å². The number of aromatic nitrogens is 2. The molecule has 1 atom stereocenters. The predicted octanol–water partition coefficient (Wildman–Crippen LogP) is 2.27. The molecule has 0 radical (unpaired) electrons. The Morgan fingerprint density at radius 1 is 1.38 bits per heavy atom. The highest BCUT2D eigenvalue weighted by Gasteiger charge is 2.16. The first-order valence-corrected chi connectivity index (χ1v) is 7.53. The van der Waals surface area contributed by atoms with Gasteiger partial charge in [-0.1, -0.05) is 19.1 Å². The van der Waals surface area contributed by atoms with Crippen LogP contribution >= 0.6 is 0 Å². The zero-order valence-corrected chi connectivity index (χ0v) is 12.7. The maximum absolute atomic E-state index is 11.6. The summed E-state index contributed by atoms with van der Waals surface area (Å²) in [6.07, 6.45) is 2.51. The fourth-order valence-corrected chi connectivity index (χ4v) is 2.42. The molecule has 0 aliphatic rings. The third-order valence-electron chi connectivity index (χ3n) is 3.46. The molecule has 114 valence electrons. The summed E-state index contributed by atoms with van der Waals surface area (Å²) in [5.41, 5.74) is 7.97. The minimum Gasteiger partial charge on any atom is -0.465 e. The lowest BCUT2D eigenvalue weighted by Gasteiger charge is -2.13. The first kappa shape index (κ1) is 15.5. The zero-order chi connectivity index (χ0) is 15.2. The largest absolute Gasteiger partial charge is 0.465 e. The van der Waals surface area contributed by atoms with Crippen molar-refractivity contribution in [1.82, 2.24) is 9.55 Å². The van der Waals surface area contributed by atoms with E-state index in [2.05, 4.69) is 22.5 Å². The standard InChI is InChI=1S/C16H23N3O2/c1-3-7-15-18-13-8-5-6-9-14(13)19(15)11-10-12(17)16(20)21-4-2/h5-6,8-9,12H,3-4,7,10-11,17H2,1-2H3. The fraction of sp³-hybridized carbons (Fsp3) is 0.500. The van der Waals surface area contributed by atoms with E-state index in [1.54, 1.807) is 6.92 Å². The molecule has 1 aromatic heterocycles. The van der Waals surface area contributed by atoms with Gasteiger partial charge in [0.25, 0.3) is 0 Å². The van der Waals surface area contributed by atoms with Crippen LogP contribution in [-0.4, -0.2) is 28.2 Å².